The Kier molecular flexibility index (Phi) is 6.21. The van der Waals surface area contributed by atoms with Gasteiger partial charge in [0.15, 0.2) is 19.8 Å². The van der Waals surface area contributed by atoms with Crippen LogP contribution in [0, 0.1) is 18.2 Å². The number of amides is 2. The molecular weight excluding hydrogens is 439 g/mol. The summed E-state index contributed by atoms with van der Waals surface area (Å²) in [6.45, 7) is 0.0702. The quantitative estimate of drug-likeness (QED) is 0.569. The number of benzene rings is 1. The van der Waals surface area contributed by atoms with Gasteiger partial charge in [-0.25, -0.2) is 17.8 Å². The fourth-order valence-corrected chi connectivity index (χ4v) is 5.03. The average Bonchev–Trinajstić information content (AvgIpc) is 3.22. The third-order valence-electron chi connectivity index (χ3n) is 3.49. The molecule has 1 N–H and O–H groups in total. The lowest BCUT2D eigenvalue weighted by Crippen LogP contribution is -2.28. The van der Waals surface area contributed by atoms with E-state index in [0.29, 0.717) is 10.2 Å². The Bertz CT molecular complexity index is 1280. The van der Waals surface area contributed by atoms with Crippen molar-refractivity contribution >= 4 is 59.7 Å². The normalized spacial score (nSPS) is 12.1. The lowest BCUT2D eigenvalue weighted by atomic mass is 10.3. The largest absolute Gasteiger partial charge is 0.305 e. The van der Waals surface area contributed by atoms with Crippen molar-refractivity contribution in [1.82, 2.24) is 9.55 Å². The molecule has 3 rings (SSSR count). The standard InChI is InChI=1S/C17H13FN4O4S3/c1-2-6-22-12-4-3-11(18)8-13(12)28-17(22)21-15(24)10-29(25,26)9-14(23)20-16-19-5-7-27-16/h1,3-5,7-8H,6,9-10H2,(H,19,20,23). The summed E-state index contributed by atoms with van der Waals surface area (Å²) in [7, 11) is -4.05. The highest BCUT2D eigenvalue weighted by atomic mass is 32.2. The molecule has 0 atom stereocenters. The number of sulfone groups is 1. The van der Waals surface area contributed by atoms with Crippen LogP contribution in [0.25, 0.3) is 10.2 Å². The zero-order chi connectivity index (χ0) is 21.0. The molecule has 2 amide bonds. The summed E-state index contributed by atoms with van der Waals surface area (Å²) in [4.78, 5) is 31.8. The van der Waals surface area contributed by atoms with Crippen LogP contribution in [0.5, 0.6) is 0 Å². The molecule has 2 aromatic heterocycles. The monoisotopic (exact) mass is 452 g/mol. The van der Waals surface area contributed by atoms with Crippen molar-refractivity contribution in [3.8, 4) is 12.3 Å². The number of aromatic nitrogens is 2. The van der Waals surface area contributed by atoms with Gasteiger partial charge in [0.1, 0.15) is 17.3 Å². The molecule has 0 aliphatic rings. The second-order valence-electron chi connectivity index (χ2n) is 5.71. The fourth-order valence-electron chi connectivity index (χ4n) is 2.39. The predicted octanol–water partition coefficient (Wildman–Crippen LogP) is 1.41. The number of thiazole rings is 2. The zero-order valence-corrected chi connectivity index (χ0v) is 17.1. The number of halogens is 1. The number of rotatable bonds is 6. The summed E-state index contributed by atoms with van der Waals surface area (Å²) in [6, 6.07) is 4.02. The second kappa shape index (κ2) is 8.64. The van der Waals surface area contributed by atoms with E-state index < -0.39 is 39.0 Å². The first kappa shape index (κ1) is 20.8. The van der Waals surface area contributed by atoms with Gasteiger partial charge >= 0.3 is 0 Å². The summed E-state index contributed by atoms with van der Waals surface area (Å²) >= 11 is 2.14. The number of terminal acetylenes is 1. The summed E-state index contributed by atoms with van der Waals surface area (Å²) < 4.78 is 39.8. The molecule has 0 fully saturated rings. The number of anilines is 1. The third-order valence-corrected chi connectivity index (χ3v) is 6.61. The molecule has 0 saturated carbocycles. The summed E-state index contributed by atoms with van der Waals surface area (Å²) in [5.74, 6) is -1.62. The minimum absolute atomic E-state index is 0.0702. The van der Waals surface area contributed by atoms with Crippen LogP contribution in [0.1, 0.15) is 0 Å². The van der Waals surface area contributed by atoms with Gasteiger partial charge in [0.25, 0.3) is 5.91 Å². The number of carbonyl (C=O) groups excluding carboxylic acids is 2. The van der Waals surface area contributed by atoms with E-state index >= 15 is 0 Å². The van der Waals surface area contributed by atoms with Crippen LogP contribution < -0.4 is 10.1 Å². The third kappa shape index (κ3) is 5.35. The van der Waals surface area contributed by atoms with Crippen molar-refractivity contribution in [1.29, 1.82) is 0 Å². The Labute approximate surface area is 172 Å². The second-order valence-corrected chi connectivity index (χ2v) is 9.68. The smallest absolute Gasteiger partial charge is 0.263 e. The van der Waals surface area contributed by atoms with Gasteiger partial charge in [0.2, 0.25) is 5.91 Å². The van der Waals surface area contributed by atoms with Crippen molar-refractivity contribution in [2.75, 3.05) is 16.8 Å². The average molecular weight is 453 g/mol. The van der Waals surface area contributed by atoms with Crippen molar-refractivity contribution in [3.63, 3.8) is 0 Å². The lowest BCUT2D eigenvalue weighted by molar-refractivity contribution is -0.115. The molecule has 12 heteroatoms. The number of nitrogens with one attached hydrogen (secondary N) is 1. The van der Waals surface area contributed by atoms with E-state index in [1.54, 1.807) is 5.38 Å². The molecule has 0 bridgehead atoms. The van der Waals surface area contributed by atoms with Gasteiger partial charge in [-0.15, -0.1) is 17.8 Å². The van der Waals surface area contributed by atoms with E-state index in [1.807, 2.05) is 0 Å². The molecule has 3 aromatic rings. The van der Waals surface area contributed by atoms with Crippen LogP contribution in [0.2, 0.25) is 0 Å². The maximum Gasteiger partial charge on any atom is 0.263 e. The molecule has 0 spiro atoms. The molecule has 0 saturated heterocycles. The van der Waals surface area contributed by atoms with Crippen molar-refractivity contribution < 1.29 is 22.4 Å². The molecule has 0 aliphatic carbocycles. The highest BCUT2D eigenvalue weighted by Crippen LogP contribution is 2.18. The maximum atomic E-state index is 13.4. The van der Waals surface area contributed by atoms with Gasteiger partial charge in [-0.2, -0.15) is 4.99 Å². The van der Waals surface area contributed by atoms with E-state index in [4.69, 9.17) is 6.42 Å². The molecule has 0 unspecified atom stereocenters. The van der Waals surface area contributed by atoms with Gasteiger partial charge < -0.3 is 9.88 Å². The van der Waals surface area contributed by atoms with E-state index in [9.17, 15) is 22.4 Å². The number of carbonyl (C=O) groups is 2. The number of hydrogen-bond acceptors (Lipinski definition) is 7. The van der Waals surface area contributed by atoms with Crippen LogP contribution >= 0.6 is 22.7 Å². The first-order valence-corrected chi connectivity index (χ1v) is 11.5. The van der Waals surface area contributed by atoms with E-state index in [2.05, 4.69) is 21.2 Å². The highest BCUT2D eigenvalue weighted by Gasteiger charge is 2.21. The number of hydrogen-bond donors (Lipinski definition) is 1. The first-order chi connectivity index (χ1) is 13.8. The van der Waals surface area contributed by atoms with E-state index in [0.717, 1.165) is 22.7 Å². The minimum atomic E-state index is -4.05. The van der Waals surface area contributed by atoms with Crippen LogP contribution in [-0.4, -0.2) is 41.3 Å². The van der Waals surface area contributed by atoms with Gasteiger partial charge in [-0.05, 0) is 18.2 Å². The van der Waals surface area contributed by atoms with Crippen LogP contribution in [0.4, 0.5) is 9.52 Å². The molecular formula is C17H13FN4O4S3. The Morgan fingerprint density at radius 2 is 2.14 bits per heavy atom. The van der Waals surface area contributed by atoms with Gasteiger partial charge in [-0.3, -0.25) is 9.59 Å². The number of fused-ring (bicyclic) bond motifs is 1. The molecule has 2 heterocycles. The molecule has 8 nitrogen and oxygen atoms in total. The molecule has 150 valence electrons. The zero-order valence-electron chi connectivity index (χ0n) is 14.7. The summed E-state index contributed by atoms with van der Waals surface area (Å²) in [6.07, 6.45) is 6.80. The molecule has 0 aliphatic heterocycles. The first-order valence-electron chi connectivity index (χ1n) is 7.97. The Morgan fingerprint density at radius 1 is 1.34 bits per heavy atom. The van der Waals surface area contributed by atoms with Gasteiger partial charge in [0, 0.05) is 11.6 Å². The van der Waals surface area contributed by atoms with Gasteiger partial charge in [-0.1, -0.05) is 17.3 Å². The topological polar surface area (TPSA) is 110 Å². The van der Waals surface area contributed by atoms with E-state index in [1.165, 1.54) is 29.0 Å². The summed E-state index contributed by atoms with van der Waals surface area (Å²) in [5, 5.41) is 4.22. The fraction of sp³-hybridized carbons (Fsp3) is 0.176. The van der Waals surface area contributed by atoms with Crippen LogP contribution in [0.3, 0.4) is 0 Å². The Balaban J connectivity index is 1.80. The Morgan fingerprint density at radius 3 is 2.83 bits per heavy atom. The molecule has 1 aromatic carbocycles. The predicted molar refractivity (Wildman–Crippen MR) is 109 cm³/mol. The highest BCUT2D eigenvalue weighted by molar-refractivity contribution is 7.92. The van der Waals surface area contributed by atoms with Crippen molar-refractivity contribution in [3.05, 3.63) is 40.4 Å². The van der Waals surface area contributed by atoms with Crippen LogP contribution in [0.15, 0.2) is 34.8 Å². The lowest BCUT2D eigenvalue weighted by Gasteiger charge is -2.02. The summed E-state index contributed by atoms with van der Waals surface area (Å²) in [5.41, 5.74) is 0.576. The maximum absolute atomic E-state index is 13.4. The molecule has 29 heavy (non-hydrogen) atoms. The van der Waals surface area contributed by atoms with Crippen LogP contribution in [-0.2, 0) is 26.0 Å². The number of nitrogens with zero attached hydrogens (tertiary/aromatic N) is 3. The van der Waals surface area contributed by atoms with Crippen molar-refractivity contribution in [2.45, 2.75) is 6.54 Å². The van der Waals surface area contributed by atoms with Crippen molar-refractivity contribution in [2.24, 2.45) is 4.99 Å². The van der Waals surface area contributed by atoms with Gasteiger partial charge in [0.05, 0.1) is 16.8 Å². The SMILES string of the molecule is C#CCn1c(=NC(=O)CS(=O)(=O)CC(=O)Nc2nccs2)sc2cc(F)ccc21. The Hall–Kier alpha value is -2.88. The molecule has 0 radical (unpaired) electrons. The van der Waals surface area contributed by atoms with E-state index in [-0.39, 0.29) is 16.5 Å². The minimum Gasteiger partial charge on any atom is -0.305 e.